The fraction of sp³-hybridized carbons (Fsp3) is 0.474. The number of halogens is 1. The van der Waals surface area contributed by atoms with Gasteiger partial charge >= 0.3 is 0 Å². The monoisotopic (exact) mass is 487 g/mol. The van der Waals surface area contributed by atoms with Gasteiger partial charge in [0.1, 0.15) is 5.01 Å². The first-order valence-electron chi connectivity index (χ1n) is 8.66. The van der Waals surface area contributed by atoms with E-state index in [9.17, 15) is 0 Å². The lowest BCUT2D eigenvalue weighted by molar-refractivity contribution is 0.401. The smallest absolute Gasteiger partial charge is 0.191 e. The number of hydrogen-bond acceptors (Lipinski definition) is 4. The number of rotatable bonds is 7. The van der Waals surface area contributed by atoms with Crippen LogP contribution in [-0.2, 0) is 19.6 Å². The van der Waals surface area contributed by atoms with Gasteiger partial charge in [-0.05, 0) is 46.0 Å². The SMILES string of the molecule is CCNC(=NCc1ccccc1CN(C)C)NCc1nc(C)c(C)s1.I. The minimum atomic E-state index is 0. The van der Waals surface area contributed by atoms with Crippen LogP contribution in [0.5, 0.6) is 0 Å². The Morgan fingerprint density at radius 3 is 2.42 bits per heavy atom. The highest BCUT2D eigenvalue weighted by Gasteiger charge is 2.06. The van der Waals surface area contributed by atoms with Gasteiger partial charge < -0.3 is 15.5 Å². The number of thiazole rings is 1. The van der Waals surface area contributed by atoms with Crippen LogP contribution in [-0.4, -0.2) is 36.5 Å². The molecule has 0 aliphatic heterocycles. The van der Waals surface area contributed by atoms with Crippen molar-refractivity contribution in [1.29, 1.82) is 0 Å². The maximum absolute atomic E-state index is 4.75. The van der Waals surface area contributed by atoms with Crippen molar-refractivity contribution in [2.24, 2.45) is 4.99 Å². The minimum absolute atomic E-state index is 0. The second-order valence-corrected chi connectivity index (χ2v) is 7.59. The summed E-state index contributed by atoms with van der Waals surface area (Å²) in [7, 11) is 4.17. The summed E-state index contributed by atoms with van der Waals surface area (Å²) in [6.07, 6.45) is 0. The van der Waals surface area contributed by atoms with Gasteiger partial charge in [0.25, 0.3) is 0 Å². The molecule has 1 aromatic carbocycles. The lowest BCUT2D eigenvalue weighted by atomic mass is 10.1. The summed E-state index contributed by atoms with van der Waals surface area (Å²) < 4.78 is 0. The molecule has 2 N–H and O–H groups in total. The van der Waals surface area contributed by atoms with Crippen molar-refractivity contribution in [1.82, 2.24) is 20.5 Å². The van der Waals surface area contributed by atoms with Gasteiger partial charge in [-0.25, -0.2) is 9.98 Å². The third-order valence-corrected chi connectivity index (χ3v) is 4.91. The van der Waals surface area contributed by atoms with Gasteiger partial charge in [0.05, 0.1) is 18.8 Å². The molecular formula is C19H30IN5S. The second kappa shape index (κ2) is 11.5. The Kier molecular flexibility index (Phi) is 10.1. The Bertz CT molecular complexity index is 692. The van der Waals surface area contributed by atoms with Gasteiger partial charge in [0, 0.05) is 18.0 Å². The number of hydrogen-bond donors (Lipinski definition) is 2. The van der Waals surface area contributed by atoms with E-state index in [4.69, 9.17) is 4.99 Å². The first-order valence-corrected chi connectivity index (χ1v) is 9.47. The van der Waals surface area contributed by atoms with E-state index in [-0.39, 0.29) is 24.0 Å². The highest BCUT2D eigenvalue weighted by molar-refractivity contribution is 14.0. The second-order valence-electron chi connectivity index (χ2n) is 6.30. The molecule has 0 saturated carbocycles. The van der Waals surface area contributed by atoms with Crippen LogP contribution in [0.25, 0.3) is 0 Å². The molecule has 0 bridgehead atoms. The normalized spacial score (nSPS) is 11.4. The van der Waals surface area contributed by atoms with E-state index in [2.05, 4.69) is 79.6 Å². The molecule has 1 heterocycles. The van der Waals surface area contributed by atoms with Crippen molar-refractivity contribution in [3.05, 3.63) is 51.0 Å². The Labute approximate surface area is 178 Å². The molecule has 26 heavy (non-hydrogen) atoms. The van der Waals surface area contributed by atoms with Crippen molar-refractivity contribution >= 4 is 41.3 Å². The molecule has 2 aromatic rings. The fourth-order valence-electron chi connectivity index (χ4n) is 2.49. The number of aryl methyl sites for hydroxylation is 2. The number of nitrogens with one attached hydrogen (secondary N) is 2. The average Bonchev–Trinajstić information content (AvgIpc) is 2.89. The van der Waals surface area contributed by atoms with Crippen LogP contribution < -0.4 is 10.6 Å². The van der Waals surface area contributed by atoms with E-state index in [0.29, 0.717) is 13.1 Å². The van der Waals surface area contributed by atoms with E-state index in [1.807, 2.05) is 0 Å². The van der Waals surface area contributed by atoms with E-state index >= 15 is 0 Å². The van der Waals surface area contributed by atoms with Crippen molar-refractivity contribution in [3.63, 3.8) is 0 Å². The topological polar surface area (TPSA) is 52.6 Å². The van der Waals surface area contributed by atoms with Crippen molar-refractivity contribution in [2.45, 2.75) is 40.4 Å². The molecule has 0 amide bonds. The molecule has 0 radical (unpaired) electrons. The first kappa shape index (κ1) is 22.9. The van der Waals surface area contributed by atoms with Gasteiger partial charge in [-0.3, -0.25) is 0 Å². The summed E-state index contributed by atoms with van der Waals surface area (Å²) in [5.41, 5.74) is 3.69. The van der Waals surface area contributed by atoms with Crippen LogP contribution in [0, 0.1) is 13.8 Å². The zero-order chi connectivity index (χ0) is 18.2. The zero-order valence-corrected chi connectivity index (χ0v) is 19.4. The number of nitrogens with zero attached hydrogens (tertiary/aromatic N) is 3. The van der Waals surface area contributed by atoms with E-state index < -0.39 is 0 Å². The maximum atomic E-state index is 4.75. The third kappa shape index (κ3) is 7.20. The van der Waals surface area contributed by atoms with Gasteiger partial charge in [-0.15, -0.1) is 35.3 Å². The van der Waals surface area contributed by atoms with E-state index in [1.165, 1.54) is 16.0 Å². The third-order valence-electron chi connectivity index (χ3n) is 3.84. The molecule has 0 spiro atoms. The molecule has 1 aromatic heterocycles. The van der Waals surface area contributed by atoms with E-state index in [1.54, 1.807) is 11.3 Å². The molecule has 0 aliphatic carbocycles. The summed E-state index contributed by atoms with van der Waals surface area (Å²) in [5.74, 6) is 0.827. The quantitative estimate of drug-likeness (QED) is 0.356. The van der Waals surface area contributed by atoms with Gasteiger partial charge in [-0.2, -0.15) is 0 Å². The number of guanidine groups is 1. The molecule has 0 aliphatic rings. The summed E-state index contributed by atoms with van der Waals surface area (Å²) in [4.78, 5) is 12.8. The number of benzene rings is 1. The van der Waals surface area contributed by atoms with Crippen LogP contribution in [0.4, 0.5) is 0 Å². The maximum Gasteiger partial charge on any atom is 0.191 e. The van der Waals surface area contributed by atoms with Gasteiger partial charge in [0.2, 0.25) is 0 Å². The van der Waals surface area contributed by atoms with Crippen molar-refractivity contribution < 1.29 is 0 Å². The van der Waals surface area contributed by atoms with Gasteiger partial charge in [0.15, 0.2) is 5.96 Å². The Morgan fingerprint density at radius 1 is 1.15 bits per heavy atom. The Morgan fingerprint density at radius 2 is 1.85 bits per heavy atom. The highest BCUT2D eigenvalue weighted by atomic mass is 127. The first-order chi connectivity index (χ1) is 12.0. The van der Waals surface area contributed by atoms with E-state index in [0.717, 1.165) is 29.8 Å². The molecule has 5 nitrogen and oxygen atoms in total. The summed E-state index contributed by atoms with van der Waals surface area (Å²) in [5, 5.41) is 7.79. The van der Waals surface area contributed by atoms with Crippen molar-refractivity contribution in [2.75, 3.05) is 20.6 Å². The zero-order valence-electron chi connectivity index (χ0n) is 16.3. The van der Waals surface area contributed by atoms with Crippen molar-refractivity contribution in [3.8, 4) is 0 Å². The lowest BCUT2D eigenvalue weighted by Crippen LogP contribution is -2.36. The van der Waals surface area contributed by atoms with Crippen LogP contribution in [0.2, 0.25) is 0 Å². The standard InChI is InChI=1S/C19H29N5S.HI/c1-6-20-19(22-12-18-23-14(2)15(3)25-18)21-11-16-9-7-8-10-17(16)13-24(4)5;/h7-10H,6,11-13H2,1-5H3,(H2,20,21,22);1H. The Balaban J connectivity index is 0.00000338. The molecular weight excluding hydrogens is 457 g/mol. The van der Waals surface area contributed by atoms with Crippen LogP contribution >= 0.6 is 35.3 Å². The van der Waals surface area contributed by atoms with Gasteiger partial charge in [-0.1, -0.05) is 24.3 Å². The predicted molar refractivity (Wildman–Crippen MR) is 122 cm³/mol. The number of aliphatic imine (C=N–C) groups is 1. The predicted octanol–water partition coefficient (Wildman–Crippen LogP) is 3.69. The molecule has 0 unspecified atom stereocenters. The fourth-order valence-corrected chi connectivity index (χ4v) is 3.36. The van der Waals surface area contributed by atoms with Crippen LogP contribution in [0.3, 0.4) is 0 Å². The molecule has 144 valence electrons. The molecule has 0 atom stereocenters. The largest absolute Gasteiger partial charge is 0.357 e. The summed E-state index contributed by atoms with van der Waals surface area (Å²) in [6.45, 7) is 9.36. The molecule has 2 rings (SSSR count). The van der Waals surface area contributed by atoms with Crippen LogP contribution in [0.15, 0.2) is 29.3 Å². The molecule has 0 saturated heterocycles. The average molecular weight is 487 g/mol. The number of aromatic nitrogens is 1. The summed E-state index contributed by atoms with van der Waals surface area (Å²) >= 11 is 1.74. The minimum Gasteiger partial charge on any atom is -0.357 e. The summed E-state index contributed by atoms with van der Waals surface area (Å²) in [6, 6.07) is 8.49. The highest BCUT2D eigenvalue weighted by Crippen LogP contribution is 2.16. The molecule has 7 heteroatoms. The lowest BCUT2D eigenvalue weighted by Gasteiger charge is -2.14. The molecule has 0 fully saturated rings. The Hall–Kier alpha value is -1.19. The van der Waals surface area contributed by atoms with Crippen LogP contribution in [0.1, 0.15) is 33.6 Å².